The van der Waals surface area contributed by atoms with Gasteiger partial charge >= 0.3 is 0 Å². The molecule has 1 atom stereocenters. The van der Waals surface area contributed by atoms with E-state index in [1.165, 1.54) is 37.3 Å². The Morgan fingerprint density at radius 2 is 1.70 bits per heavy atom. The van der Waals surface area contributed by atoms with Crippen molar-refractivity contribution in [3.63, 3.8) is 0 Å². The van der Waals surface area contributed by atoms with Crippen molar-refractivity contribution in [1.29, 1.82) is 0 Å². The minimum absolute atomic E-state index is 0.00103. The molecule has 0 aromatic heterocycles. The molecule has 1 amide bonds. The van der Waals surface area contributed by atoms with Crippen LogP contribution in [-0.2, 0) is 14.8 Å². The average Bonchev–Trinajstić information content (AvgIpc) is 2.49. The molecule has 5 nitrogen and oxygen atoms in total. The van der Waals surface area contributed by atoms with Crippen LogP contribution < -0.4 is 10.0 Å². The molecule has 0 saturated heterocycles. The molecule has 0 heterocycles. The molecule has 0 spiro atoms. The first-order valence-electron chi connectivity index (χ1n) is 6.94. The summed E-state index contributed by atoms with van der Waals surface area (Å²) in [6.07, 6.45) is 0. The summed E-state index contributed by atoms with van der Waals surface area (Å²) >= 11 is 0. The van der Waals surface area contributed by atoms with Crippen molar-refractivity contribution in [1.82, 2.24) is 4.72 Å². The molecule has 2 aromatic rings. The number of anilines is 1. The van der Waals surface area contributed by atoms with E-state index in [1.54, 1.807) is 18.2 Å². The number of hydrogen-bond acceptors (Lipinski definition) is 3. The van der Waals surface area contributed by atoms with E-state index in [0.717, 1.165) is 5.56 Å². The Bertz CT molecular complexity index is 804. The molecule has 0 aliphatic heterocycles. The minimum Gasteiger partial charge on any atom is -0.322 e. The lowest BCUT2D eigenvalue weighted by molar-refractivity contribution is -0.117. The highest BCUT2D eigenvalue weighted by atomic mass is 32.2. The van der Waals surface area contributed by atoms with Gasteiger partial charge in [-0.05, 0) is 38.1 Å². The van der Waals surface area contributed by atoms with E-state index in [0.29, 0.717) is 0 Å². The zero-order valence-corrected chi connectivity index (χ0v) is 13.5. The van der Waals surface area contributed by atoms with Crippen molar-refractivity contribution in [2.45, 2.75) is 24.8 Å². The van der Waals surface area contributed by atoms with E-state index >= 15 is 0 Å². The lowest BCUT2D eigenvalue weighted by Gasteiger charge is -2.15. The van der Waals surface area contributed by atoms with Crippen molar-refractivity contribution < 1.29 is 17.6 Å². The largest absolute Gasteiger partial charge is 0.322 e. The van der Waals surface area contributed by atoms with Crippen molar-refractivity contribution >= 4 is 21.6 Å². The maximum atomic E-state index is 13.5. The van der Waals surface area contributed by atoms with Gasteiger partial charge in [0.15, 0.2) is 0 Å². The SMILES string of the molecule is Cc1ccc(S(=O)(=O)NC(C)C(=O)Nc2ccccc2F)cc1. The second-order valence-corrected chi connectivity index (χ2v) is 6.84. The van der Waals surface area contributed by atoms with Gasteiger partial charge in [0.2, 0.25) is 15.9 Å². The normalized spacial score (nSPS) is 12.7. The third kappa shape index (κ3) is 4.37. The van der Waals surface area contributed by atoms with Crippen LogP contribution in [-0.4, -0.2) is 20.4 Å². The number of benzene rings is 2. The van der Waals surface area contributed by atoms with Crippen LogP contribution in [0, 0.1) is 12.7 Å². The molecule has 23 heavy (non-hydrogen) atoms. The number of para-hydroxylation sites is 1. The molecule has 0 radical (unpaired) electrons. The number of amides is 1. The Morgan fingerprint density at radius 1 is 1.09 bits per heavy atom. The van der Waals surface area contributed by atoms with Gasteiger partial charge < -0.3 is 5.32 Å². The summed E-state index contributed by atoms with van der Waals surface area (Å²) in [6, 6.07) is 10.9. The molecule has 122 valence electrons. The molecule has 2 aromatic carbocycles. The molecular formula is C16H17FN2O3S. The molecular weight excluding hydrogens is 319 g/mol. The van der Waals surface area contributed by atoms with Crippen LogP contribution in [0.2, 0.25) is 0 Å². The highest BCUT2D eigenvalue weighted by Crippen LogP contribution is 2.14. The van der Waals surface area contributed by atoms with Gasteiger partial charge in [0.1, 0.15) is 5.82 Å². The van der Waals surface area contributed by atoms with Crippen molar-refractivity contribution in [3.8, 4) is 0 Å². The molecule has 0 aliphatic rings. The maximum absolute atomic E-state index is 13.5. The molecule has 2 N–H and O–H groups in total. The molecule has 0 saturated carbocycles. The number of nitrogens with one attached hydrogen (secondary N) is 2. The van der Waals surface area contributed by atoms with Crippen LogP contribution in [0.3, 0.4) is 0 Å². The Hall–Kier alpha value is -2.25. The smallest absolute Gasteiger partial charge is 0.242 e. The first kappa shape index (κ1) is 17.1. The van der Waals surface area contributed by atoms with Crippen molar-refractivity contribution in [3.05, 3.63) is 59.9 Å². The van der Waals surface area contributed by atoms with Gasteiger partial charge in [-0.15, -0.1) is 0 Å². The average molecular weight is 336 g/mol. The van der Waals surface area contributed by atoms with Crippen LogP contribution in [0.4, 0.5) is 10.1 Å². The van der Waals surface area contributed by atoms with E-state index in [4.69, 9.17) is 0 Å². The standard InChI is InChI=1S/C16H17FN2O3S/c1-11-7-9-13(10-8-11)23(21,22)19-12(2)16(20)18-15-6-4-3-5-14(15)17/h3-10,12,19H,1-2H3,(H,18,20). The van der Waals surface area contributed by atoms with Crippen LogP contribution in [0.5, 0.6) is 0 Å². The highest BCUT2D eigenvalue weighted by Gasteiger charge is 2.22. The van der Waals surface area contributed by atoms with Crippen LogP contribution in [0.25, 0.3) is 0 Å². The van der Waals surface area contributed by atoms with E-state index in [-0.39, 0.29) is 10.6 Å². The van der Waals surface area contributed by atoms with Crippen molar-refractivity contribution in [2.75, 3.05) is 5.32 Å². The van der Waals surface area contributed by atoms with Crippen molar-refractivity contribution in [2.24, 2.45) is 0 Å². The summed E-state index contributed by atoms with van der Waals surface area (Å²) < 4.78 is 40.2. The zero-order valence-electron chi connectivity index (χ0n) is 12.7. The number of carbonyl (C=O) groups is 1. The van der Waals surface area contributed by atoms with Crippen LogP contribution in [0.1, 0.15) is 12.5 Å². The minimum atomic E-state index is -3.83. The lowest BCUT2D eigenvalue weighted by Crippen LogP contribution is -2.41. The molecule has 0 aliphatic carbocycles. The fourth-order valence-corrected chi connectivity index (χ4v) is 3.08. The molecule has 0 bridgehead atoms. The first-order valence-corrected chi connectivity index (χ1v) is 8.42. The number of sulfonamides is 1. The Kier molecular flexibility index (Phi) is 5.12. The second-order valence-electron chi connectivity index (χ2n) is 5.13. The second kappa shape index (κ2) is 6.89. The van der Waals surface area contributed by atoms with Gasteiger partial charge in [-0.1, -0.05) is 29.8 Å². The summed E-state index contributed by atoms with van der Waals surface area (Å²) in [6.45, 7) is 3.23. The first-order chi connectivity index (χ1) is 10.8. The number of hydrogen-bond donors (Lipinski definition) is 2. The number of carbonyl (C=O) groups excluding carboxylic acids is 1. The third-order valence-corrected chi connectivity index (χ3v) is 4.74. The zero-order chi connectivity index (χ0) is 17.0. The van der Waals surface area contributed by atoms with Gasteiger partial charge in [-0.3, -0.25) is 4.79 Å². The lowest BCUT2D eigenvalue weighted by atomic mass is 10.2. The fourth-order valence-electron chi connectivity index (χ4n) is 1.88. The Balaban J connectivity index is 2.08. The summed E-state index contributed by atoms with van der Waals surface area (Å²) in [4.78, 5) is 12.1. The summed E-state index contributed by atoms with van der Waals surface area (Å²) in [7, 11) is -3.83. The van der Waals surface area contributed by atoms with E-state index in [2.05, 4.69) is 10.0 Å². The summed E-state index contributed by atoms with van der Waals surface area (Å²) in [5.74, 6) is -1.24. The quantitative estimate of drug-likeness (QED) is 0.880. The number of rotatable bonds is 5. The topological polar surface area (TPSA) is 75.3 Å². The van der Waals surface area contributed by atoms with Gasteiger partial charge in [-0.25, -0.2) is 12.8 Å². The third-order valence-electron chi connectivity index (χ3n) is 3.19. The molecule has 0 fully saturated rings. The Morgan fingerprint density at radius 3 is 2.30 bits per heavy atom. The maximum Gasteiger partial charge on any atom is 0.242 e. The number of aryl methyl sites for hydroxylation is 1. The number of halogens is 1. The fraction of sp³-hybridized carbons (Fsp3) is 0.188. The summed E-state index contributed by atoms with van der Waals surface area (Å²) in [5.41, 5.74) is 0.924. The van der Waals surface area contributed by atoms with Gasteiger partial charge in [0, 0.05) is 0 Å². The summed E-state index contributed by atoms with van der Waals surface area (Å²) in [5, 5.41) is 2.35. The van der Waals surface area contributed by atoms with E-state index < -0.39 is 27.8 Å². The van der Waals surface area contributed by atoms with E-state index in [9.17, 15) is 17.6 Å². The highest BCUT2D eigenvalue weighted by molar-refractivity contribution is 7.89. The molecule has 1 unspecified atom stereocenters. The predicted molar refractivity (Wildman–Crippen MR) is 86.0 cm³/mol. The monoisotopic (exact) mass is 336 g/mol. The van der Waals surface area contributed by atoms with Gasteiger partial charge in [0.25, 0.3) is 0 Å². The molecule has 7 heteroatoms. The van der Waals surface area contributed by atoms with Gasteiger partial charge in [-0.2, -0.15) is 4.72 Å². The molecule has 2 rings (SSSR count). The Labute approximate surface area is 134 Å². The van der Waals surface area contributed by atoms with Crippen LogP contribution in [0.15, 0.2) is 53.4 Å². The van der Waals surface area contributed by atoms with Crippen LogP contribution >= 0.6 is 0 Å². The van der Waals surface area contributed by atoms with Gasteiger partial charge in [0.05, 0.1) is 16.6 Å². The van der Waals surface area contributed by atoms with E-state index in [1.807, 2.05) is 6.92 Å². The predicted octanol–water partition coefficient (Wildman–Crippen LogP) is 2.44.